The van der Waals surface area contributed by atoms with Crippen LogP contribution >= 0.6 is 23.4 Å². The first-order chi connectivity index (χ1) is 15.7. The molecule has 1 aromatic heterocycles. The number of nitrogens with zero attached hydrogens (tertiary/aromatic N) is 3. The Morgan fingerprint density at radius 3 is 2.73 bits per heavy atom. The highest BCUT2D eigenvalue weighted by Gasteiger charge is 2.42. The molecule has 0 spiro atoms. The molecule has 0 bridgehead atoms. The van der Waals surface area contributed by atoms with Crippen molar-refractivity contribution in [3.63, 3.8) is 0 Å². The largest absolute Gasteiger partial charge is 0.328 e. The maximum absolute atomic E-state index is 13.3. The van der Waals surface area contributed by atoms with Crippen LogP contribution < -0.4 is 5.32 Å². The third-order valence-corrected chi connectivity index (χ3v) is 7.60. The van der Waals surface area contributed by atoms with E-state index >= 15 is 0 Å². The SMILES string of the molecule is Cc1ccc(CSc2nc3n(n2)[C@H](c2ccccc2Cl)C2=C(CC(C)(C)CC2=O)N3)c(C)c1. The normalized spacial score (nSPS) is 19.2. The standard InChI is InChI=1S/C26H27ClN4OS/c1-15-9-10-17(16(2)11-15)14-33-25-29-24-28-20-12-26(3,4)13-21(32)22(20)23(31(24)30-25)18-7-5-6-8-19(18)27/h5-11,23H,12-14H2,1-4H3,(H,28,29,30)/t23-/m1/s1. The van der Waals surface area contributed by atoms with Crippen LogP contribution in [0.2, 0.25) is 5.02 Å². The fraction of sp³-hybridized carbons (Fsp3) is 0.346. The highest BCUT2D eigenvalue weighted by Crippen LogP contribution is 2.46. The molecule has 2 heterocycles. The maximum atomic E-state index is 13.3. The van der Waals surface area contributed by atoms with Gasteiger partial charge in [0.05, 0.1) is 0 Å². The summed E-state index contributed by atoms with van der Waals surface area (Å²) in [5.41, 5.74) is 6.26. The number of allylic oxidation sites excluding steroid dienone is 2. The third-order valence-electron chi connectivity index (χ3n) is 6.37. The van der Waals surface area contributed by atoms with E-state index in [1.807, 2.05) is 28.9 Å². The molecular formula is C26H27ClN4OS. The molecule has 7 heteroatoms. The third kappa shape index (κ3) is 4.22. The predicted molar refractivity (Wildman–Crippen MR) is 134 cm³/mol. The summed E-state index contributed by atoms with van der Waals surface area (Å²) >= 11 is 8.22. The number of halogens is 1. The van der Waals surface area contributed by atoms with Crippen molar-refractivity contribution in [1.82, 2.24) is 14.8 Å². The van der Waals surface area contributed by atoms with Gasteiger partial charge < -0.3 is 5.32 Å². The topological polar surface area (TPSA) is 59.8 Å². The van der Waals surface area contributed by atoms with Gasteiger partial charge in [-0.15, -0.1) is 5.10 Å². The average Bonchev–Trinajstić information content (AvgIpc) is 3.14. The number of carbonyl (C=O) groups is 1. The number of aromatic nitrogens is 3. The molecule has 33 heavy (non-hydrogen) atoms. The van der Waals surface area contributed by atoms with Crippen molar-refractivity contribution in [1.29, 1.82) is 0 Å². The number of anilines is 1. The Morgan fingerprint density at radius 2 is 1.97 bits per heavy atom. The molecule has 5 nitrogen and oxygen atoms in total. The number of hydrogen-bond acceptors (Lipinski definition) is 5. The Morgan fingerprint density at radius 1 is 1.18 bits per heavy atom. The van der Waals surface area contributed by atoms with Gasteiger partial charge in [0, 0.05) is 34.0 Å². The van der Waals surface area contributed by atoms with Crippen molar-refractivity contribution in [2.24, 2.45) is 5.41 Å². The molecule has 1 aliphatic heterocycles. The van der Waals surface area contributed by atoms with Crippen LogP contribution in [0.15, 0.2) is 58.9 Å². The van der Waals surface area contributed by atoms with Crippen molar-refractivity contribution in [3.05, 3.63) is 81.0 Å². The molecule has 2 aromatic carbocycles. The lowest BCUT2D eigenvalue weighted by Crippen LogP contribution is -2.36. The molecule has 170 valence electrons. The minimum atomic E-state index is -0.378. The van der Waals surface area contributed by atoms with Crippen molar-refractivity contribution in [3.8, 4) is 0 Å². The smallest absolute Gasteiger partial charge is 0.227 e. The number of hydrogen-bond donors (Lipinski definition) is 1. The van der Waals surface area contributed by atoms with Crippen molar-refractivity contribution >= 4 is 35.1 Å². The molecular weight excluding hydrogens is 452 g/mol. The number of fused-ring (bicyclic) bond motifs is 1. The summed E-state index contributed by atoms with van der Waals surface area (Å²) in [6.45, 7) is 8.50. The van der Waals surface area contributed by atoms with Crippen LogP contribution in [0, 0.1) is 19.3 Å². The number of nitrogens with one attached hydrogen (secondary N) is 1. The zero-order valence-corrected chi connectivity index (χ0v) is 20.8. The maximum Gasteiger partial charge on any atom is 0.227 e. The number of aryl methyl sites for hydroxylation is 2. The molecule has 0 radical (unpaired) electrons. The highest BCUT2D eigenvalue weighted by atomic mass is 35.5. The summed E-state index contributed by atoms with van der Waals surface area (Å²) in [7, 11) is 0. The second-order valence-electron chi connectivity index (χ2n) is 9.76. The number of ketones is 1. The molecule has 2 aliphatic rings. The lowest BCUT2D eigenvalue weighted by molar-refractivity contribution is -0.118. The van der Waals surface area contributed by atoms with Gasteiger partial charge in [-0.25, -0.2) is 4.68 Å². The second kappa shape index (κ2) is 8.33. The van der Waals surface area contributed by atoms with Crippen LogP contribution in [0.1, 0.15) is 55.0 Å². The Bertz CT molecular complexity index is 1290. The summed E-state index contributed by atoms with van der Waals surface area (Å²) in [6, 6.07) is 13.8. The molecule has 0 fully saturated rings. The van der Waals surface area contributed by atoms with Crippen LogP contribution in [-0.4, -0.2) is 20.5 Å². The van der Waals surface area contributed by atoms with E-state index in [9.17, 15) is 4.79 Å². The molecule has 1 atom stereocenters. The van der Waals surface area contributed by atoms with Gasteiger partial charge in [0.15, 0.2) is 5.78 Å². The van der Waals surface area contributed by atoms with Crippen molar-refractivity contribution in [2.75, 3.05) is 5.32 Å². The number of thioether (sulfide) groups is 1. The highest BCUT2D eigenvalue weighted by molar-refractivity contribution is 7.98. The average molecular weight is 479 g/mol. The summed E-state index contributed by atoms with van der Waals surface area (Å²) in [5.74, 6) is 1.59. The van der Waals surface area contributed by atoms with E-state index in [2.05, 4.69) is 51.2 Å². The van der Waals surface area contributed by atoms with Crippen LogP contribution in [-0.2, 0) is 10.5 Å². The summed E-state index contributed by atoms with van der Waals surface area (Å²) in [5, 5.41) is 9.57. The molecule has 0 amide bonds. The van der Waals surface area contributed by atoms with Crippen molar-refractivity contribution in [2.45, 2.75) is 57.5 Å². The van der Waals surface area contributed by atoms with Gasteiger partial charge in [-0.3, -0.25) is 4.79 Å². The molecule has 1 N–H and O–H groups in total. The van der Waals surface area contributed by atoms with E-state index in [0.29, 0.717) is 22.5 Å². The molecule has 0 saturated carbocycles. The van der Waals surface area contributed by atoms with Gasteiger partial charge in [0.2, 0.25) is 11.1 Å². The van der Waals surface area contributed by atoms with Crippen LogP contribution in [0.4, 0.5) is 5.95 Å². The Labute approximate surface area is 203 Å². The van der Waals surface area contributed by atoms with Crippen molar-refractivity contribution < 1.29 is 4.79 Å². The first-order valence-electron chi connectivity index (χ1n) is 11.1. The number of benzene rings is 2. The monoisotopic (exact) mass is 478 g/mol. The predicted octanol–water partition coefficient (Wildman–Crippen LogP) is 6.50. The number of Topliss-reactive ketones (excluding diaryl/α,β-unsaturated/α-hetero) is 1. The number of carbonyl (C=O) groups excluding carboxylic acids is 1. The lowest BCUT2D eigenvalue weighted by atomic mass is 9.73. The summed E-state index contributed by atoms with van der Waals surface area (Å²) in [4.78, 5) is 18.1. The molecule has 0 saturated heterocycles. The first kappa shape index (κ1) is 22.2. The van der Waals surface area contributed by atoms with Gasteiger partial charge in [-0.2, -0.15) is 4.98 Å². The van der Waals surface area contributed by atoms with Gasteiger partial charge in [0.25, 0.3) is 0 Å². The summed E-state index contributed by atoms with van der Waals surface area (Å²) in [6.07, 6.45) is 1.29. The summed E-state index contributed by atoms with van der Waals surface area (Å²) < 4.78 is 1.83. The minimum absolute atomic E-state index is 0.101. The second-order valence-corrected chi connectivity index (χ2v) is 11.1. The van der Waals surface area contributed by atoms with Crippen LogP contribution in [0.5, 0.6) is 0 Å². The van der Waals surface area contributed by atoms with E-state index < -0.39 is 0 Å². The molecule has 0 unspecified atom stereocenters. The van der Waals surface area contributed by atoms with Gasteiger partial charge in [-0.05, 0) is 42.9 Å². The van der Waals surface area contributed by atoms with E-state index in [4.69, 9.17) is 21.7 Å². The van der Waals surface area contributed by atoms with E-state index in [1.54, 1.807) is 11.8 Å². The van der Waals surface area contributed by atoms with E-state index in [0.717, 1.165) is 29.0 Å². The van der Waals surface area contributed by atoms with Gasteiger partial charge >= 0.3 is 0 Å². The van der Waals surface area contributed by atoms with Crippen LogP contribution in [0.25, 0.3) is 0 Å². The fourth-order valence-corrected chi connectivity index (χ4v) is 5.93. The van der Waals surface area contributed by atoms with E-state index in [1.165, 1.54) is 16.7 Å². The fourth-order valence-electron chi connectivity index (χ4n) is 4.78. The molecule has 3 aromatic rings. The number of rotatable bonds is 4. The minimum Gasteiger partial charge on any atom is -0.328 e. The zero-order chi connectivity index (χ0) is 23.3. The van der Waals surface area contributed by atoms with E-state index in [-0.39, 0.29) is 17.2 Å². The Hall–Kier alpha value is -2.57. The Balaban J connectivity index is 1.53. The quantitative estimate of drug-likeness (QED) is 0.434. The zero-order valence-electron chi connectivity index (χ0n) is 19.3. The lowest BCUT2D eigenvalue weighted by Gasteiger charge is -2.38. The van der Waals surface area contributed by atoms with Crippen LogP contribution in [0.3, 0.4) is 0 Å². The first-order valence-corrected chi connectivity index (χ1v) is 12.5. The molecule has 5 rings (SSSR count). The van der Waals surface area contributed by atoms with Gasteiger partial charge in [0.1, 0.15) is 6.04 Å². The Kier molecular flexibility index (Phi) is 5.61. The van der Waals surface area contributed by atoms with Gasteiger partial charge in [-0.1, -0.05) is 79.2 Å². The molecule has 1 aliphatic carbocycles.